The molecule has 2 atom stereocenters. The SMILES string of the molecule is O=C(CC(NC(=O)OCc1ccccc1)c1ccccc1)ON1C(=O)C=CC1=O.O=C(CC(NC(=O)OCc1ccccc1)c1ccccc1)ON1C(=O)C=CC1=O. The first-order chi connectivity index (χ1) is 28.0. The molecule has 0 saturated heterocycles. The maximum atomic E-state index is 12.2. The van der Waals surface area contributed by atoms with Crippen molar-refractivity contribution >= 4 is 47.8 Å². The molecule has 0 radical (unpaired) electrons. The van der Waals surface area contributed by atoms with E-state index in [1.165, 1.54) is 0 Å². The molecule has 16 heteroatoms. The van der Waals surface area contributed by atoms with Crippen molar-refractivity contribution in [2.45, 2.75) is 38.1 Å². The Hall–Kier alpha value is -7.88. The van der Waals surface area contributed by atoms with Gasteiger partial charge in [0.2, 0.25) is 0 Å². The van der Waals surface area contributed by atoms with Crippen LogP contribution in [0.15, 0.2) is 146 Å². The van der Waals surface area contributed by atoms with Gasteiger partial charge in [0.1, 0.15) is 13.2 Å². The topological polar surface area (TPSA) is 204 Å². The van der Waals surface area contributed by atoms with Crippen LogP contribution in [0.3, 0.4) is 0 Å². The third kappa shape index (κ3) is 12.6. The molecule has 0 bridgehead atoms. The molecule has 6 amide bonds. The Kier molecular flexibility index (Phi) is 14.7. The van der Waals surface area contributed by atoms with Crippen LogP contribution in [0.2, 0.25) is 0 Å². The number of ether oxygens (including phenoxy) is 2. The van der Waals surface area contributed by atoms with Crippen molar-refractivity contribution in [2.75, 3.05) is 0 Å². The predicted octanol–water partition coefficient (Wildman–Crippen LogP) is 4.85. The molecular formula is C42H36N4O12. The smallest absolute Gasteiger partial charge is 0.407 e. The number of carbonyl (C=O) groups excluding carboxylic acids is 8. The lowest BCUT2D eigenvalue weighted by atomic mass is 10.0. The van der Waals surface area contributed by atoms with Crippen LogP contribution in [0.25, 0.3) is 0 Å². The van der Waals surface area contributed by atoms with Crippen LogP contribution >= 0.6 is 0 Å². The van der Waals surface area contributed by atoms with Crippen LogP contribution in [-0.4, -0.2) is 57.9 Å². The fraction of sp³-hybridized carbons (Fsp3) is 0.143. The van der Waals surface area contributed by atoms with Crippen LogP contribution in [0.4, 0.5) is 9.59 Å². The molecule has 0 aromatic heterocycles. The average Bonchev–Trinajstić information content (AvgIpc) is 3.73. The van der Waals surface area contributed by atoms with Gasteiger partial charge in [-0.05, 0) is 22.3 Å². The maximum absolute atomic E-state index is 12.2. The first-order valence-corrected chi connectivity index (χ1v) is 17.6. The Morgan fingerprint density at radius 1 is 0.448 bits per heavy atom. The second kappa shape index (κ2) is 20.7. The number of hydrogen-bond acceptors (Lipinski definition) is 12. The summed E-state index contributed by atoms with van der Waals surface area (Å²) in [7, 11) is 0. The number of amides is 6. The molecule has 2 aliphatic rings. The number of imide groups is 2. The van der Waals surface area contributed by atoms with Gasteiger partial charge in [-0.25, -0.2) is 19.2 Å². The molecular weight excluding hydrogens is 752 g/mol. The van der Waals surface area contributed by atoms with Gasteiger partial charge in [-0.15, -0.1) is 0 Å². The monoisotopic (exact) mass is 788 g/mol. The van der Waals surface area contributed by atoms with Crippen molar-refractivity contribution < 1.29 is 57.5 Å². The molecule has 0 saturated carbocycles. The molecule has 0 aliphatic carbocycles. The van der Waals surface area contributed by atoms with E-state index < -0.39 is 59.8 Å². The summed E-state index contributed by atoms with van der Waals surface area (Å²) in [4.78, 5) is 105. The third-order valence-electron chi connectivity index (χ3n) is 8.08. The maximum Gasteiger partial charge on any atom is 0.407 e. The Morgan fingerprint density at radius 2 is 0.741 bits per heavy atom. The molecule has 2 N–H and O–H groups in total. The Balaban J connectivity index is 0.000000221. The van der Waals surface area contributed by atoms with Crippen molar-refractivity contribution in [2.24, 2.45) is 0 Å². The van der Waals surface area contributed by atoms with Crippen molar-refractivity contribution in [3.63, 3.8) is 0 Å². The van der Waals surface area contributed by atoms with E-state index in [2.05, 4.69) is 10.6 Å². The highest BCUT2D eigenvalue weighted by Crippen LogP contribution is 2.20. The lowest BCUT2D eigenvalue weighted by Gasteiger charge is -2.19. The number of hydrogen-bond donors (Lipinski definition) is 2. The van der Waals surface area contributed by atoms with Gasteiger partial charge in [-0.3, -0.25) is 19.2 Å². The van der Waals surface area contributed by atoms with E-state index in [0.717, 1.165) is 35.4 Å². The fourth-order valence-corrected chi connectivity index (χ4v) is 5.25. The van der Waals surface area contributed by atoms with Gasteiger partial charge in [0.05, 0.1) is 24.9 Å². The van der Waals surface area contributed by atoms with E-state index in [1.807, 2.05) is 60.7 Å². The van der Waals surface area contributed by atoms with E-state index in [4.69, 9.17) is 19.1 Å². The van der Waals surface area contributed by atoms with E-state index in [-0.39, 0.29) is 26.1 Å². The summed E-state index contributed by atoms with van der Waals surface area (Å²) in [6, 6.07) is 34.2. The molecule has 58 heavy (non-hydrogen) atoms. The number of alkyl carbamates (subject to hydrolysis) is 2. The number of carbonyl (C=O) groups is 8. The van der Waals surface area contributed by atoms with Crippen molar-refractivity contribution in [1.29, 1.82) is 0 Å². The van der Waals surface area contributed by atoms with Crippen LogP contribution in [0.1, 0.15) is 47.2 Å². The number of rotatable bonds is 14. The zero-order chi connectivity index (χ0) is 41.3. The minimum atomic E-state index is -0.854. The first kappa shape index (κ1) is 41.3. The number of benzene rings is 4. The van der Waals surface area contributed by atoms with E-state index in [9.17, 15) is 38.4 Å². The summed E-state index contributed by atoms with van der Waals surface area (Å²) >= 11 is 0. The molecule has 6 rings (SSSR count). The van der Waals surface area contributed by atoms with Gasteiger partial charge in [-0.1, -0.05) is 131 Å². The molecule has 2 heterocycles. The molecule has 16 nitrogen and oxygen atoms in total. The molecule has 0 fully saturated rings. The molecule has 2 aliphatic heterocycles. The summed E-state index contributed by atoms with van der Waals surface area (Å²) in [5, 5.41) is 5.98. The largest absolute Gasteiger partial charge is 0.445 e. The second-order valence-electron chi connectivity index (χ2n) is 12.3. The third-order valence-corrected chi connectivity index (χ3v) is 8.08. The normalized spacial score (nSPS) is 13.9. The first-order valence-electron chi connectivity index (χ1n) is 17.6. The van der Waals surface area contributed by atoms with Crippen molar-refractivity contribution in [3.8, 4) is 0 Å². The van der Waals surface area contributed by atoms with Gasteiger partial charge < -0.3 is 29.8 Å². The lowest BCUT2D eigenvalue weighted by Crippen LogP contribution is -2.35. The second-order valence-corrected chi connectivity index (χ2v) is 12.3. The predicted molar refractivity (Wildman–Crippen MR) is 201 cm³/mol. The van der Waals surface area contributed by atoms with E-state index in [1.54, 1.807) is 60.7 Å². The van der Waals surface area contributed by atoms with Crippen LogP contribution in [0.5, 0.6) is 0 Å². The number of hydroxylamine groups is 4. The van der Waals surface area contributed by atoms with Gasteiger partial charge in [0.15, 0.2) is 0 Å². The Labute approximate surface area is 331 Å². The standard InChI is InChI=1S/2C21H18N2O6/c2*24-18-11-12-19(25)23(18)29-20(26)13-17(16-9-5-2-6-10-16)22-21(27)28-14-15-7-3-1-4-8-15/h2*1-12,17H,13-14H2,(H,22,27). The number of nitrogens with one attached hydrogen (secondary N) is 2. The van der Waals surface area contributed by atoms with Crippen LogP contribution < -0.4 is 10.6 Å². The molecule has 296 valence electrons. The van der Waals surface area contributed by atoms with Gasteiger partial charge in [0, 0.05) is 24.3 Å². The van der Waals surface area contributed by atoms with Gasteiger partial charge in [0.25, 0.3) is 23.6 Å². The highest BCUT2D eigenvalue weighted by Gasteiger charge is 2.31. The summed E-state index contributed by atoms with van der Waals surface area (Å²) in [6.45, 7) is 0.141. The molecule has 4 aromatic carbocycles. The van der Waals surface area contributed by atoms with Crippen LogP contribution in [0, 0.1) is 0 Å². The quantitative estimate of drug-likeness (QED) is 0.165. The van der Waals surface area contributed by atoms with Crippen molar-refractivity contribution in [3.05, 3.63) is 168 Å². The zero-order valence-electron chi connectivity index (χ0n) is 30.6. The molecule has 2 unspecified atom stereocenters. The van der Waals surface area contributed by atoms with Gasteiger partial charge >= 0.3 is 24.1 Å². The van der Waals surface area contributed by atoms with E-state index in [0.29, 0.717) is 21.3 Å². The summed E-state index contributed by atoms with van der Waals surface area (Å²) in [6.07, 6.45) is 1.97. The molecule has 4 aromatic rings. The highest BCUT2D eigenvalue weighted by molar-refractivity contribution is 6.13. The Morgan fingerprint density at radius 3 is 1.05 bits per heavy atom. The Bertz CT molecular complexity index is 1970. The highest BCUT2D eigenvalue weighted by atomic mass is 16.7. The fourth-order valence-electron chi connectivity index (χ4n) is 5.25. The summed E-state index contributed by atoms with van der Waals surface area (Å²) in [5.74, 6) is -4.67. The minimum absolute atomic E-state index is 0.0705. The lowest BCUT2D eigenvalue weighted by molar-refractivity contribution is -0.196. The van der Waals surface area contributed by atoms with Gasteiger partial charge in [-0.2, -0.15) is 0 Å². The number of nitrogens with zero attached hydrogens (tertiary/aromatic N) is 2. The average molecular weight is 789 g/mol. The minimum Gasteiger partial charge on any atom is -0.445 e. The zero-order valence-corrected chi connectivity index (χ0v) is 30.6. The van der Waals surface area contributed by atoms with E-state index >= 15 is 0 Å². The van der Waals surface area contributed by atoms with Crippen molar-refractivity contribution in [1.82, 2.24) is 20.8 Å². The molecule has 0 spiro atoms. The summed E-state index contributed by atoms with van der Waals surface area (Å²) in [5.41, 5.74) is 2.91. The van der Waals surface area contributed by atoms with Crippen LogP contribution in [-0.2, 0) is 61.1 Å². The summed E-state index contributed by atoms with van der Waals surface area (Å²) < 4.78 is 10.4.